The number of aryl methyl sites for hydroxylation is 1. The van der Waals surface area contributed by atoms with E-state index in [0.29, 0.717) is 18.1 Å². The Bertz CT molecular complexity index is 478. The maximum absolute atomic E-state index is 12.0. The van der Waals surface area contributed by atoms with Crippen molar-refractivity contribution in [1.29, 1.82) is 0 Å². The van der Waals surface area contributed by atoms with Crippen molar-refractivity contribution in [1.82, 2.24) is 4.90 Å². The van der Waals surface area contributed by atoms with Crippen LogP contribution in [0.25, 0.3) is 0 Å². The minimum atomic E-state index is -0.0553. The Labute approximate surface area is 138 Å². The molecule has 0 heterocycles. The molecule has 1 aromatic rings. The summed E-state index contributed by atoms with van der Waals surface area (Å²) in [4.78, 5) is 13.9. The molecule has 3 N–H and O–H groups in total. The van der Waals surface area contributed by atoms with E-state index in [1.807, 2.05) is 31.0 Å². The van der Waals surface area contributed by atoms with Gasteiger partial charge in [0.2, 0.25) is 5.91 Å². The van der Waals surface area contributed by atoms with Crippen LogP contribution in [0.15, 0.2) is 18.2 Å². The van der Waals surface area contributed by atoms with Gasteiger partial charge < -0.3 is 11.1 Å². The zero-order valence-corrected chi connectivity index (χ0v) is 14.6. The Kier molecular flexibility index (Phi) is 8.26. The van der Waals surface area contributed by atoms with Crippen LogP contribution in [0.5, 0.6) is 0 Å². The first kappa shape index (κ1) is 20.2. The number of nitrogens with zero attached hydrogens (tertiary/aromatic N) is 1. The van der Waals surface area contributed by atoms with Crippen molar-refractivity contribution in [3.05, 3.63) is 28.8 Å². The van der Waals surface area contributed by atoms with Crippen molar-refractivity contribution in [3.63, 3.8) is 0 Å². The van der Waals surface area contributed by atoms with E-state index in [-0.39, 0.29) is 23.7 Å². The summed E-state index contributed by atoms with van der Waals surface area (Å²) in [7, 11) is 1.92. The van der Waals surface area contributed by atoms with Gasteiger partial charge in [0, 0.05) is 17.3 Å². The SMILES string of the molecule is Cc1ccc(NC(=O)CN(C)CC(C)(C)CN)cc1Cl.Cl. The highest BCUT2D eigenvalue weighted by atomic mass is 35.5. The van der Waals surface area contributed by atoms with Gasteiger partial charge >= 0.3 is 0 Å². The lowest BCUT2D eigenvalue weighted by Crippen LogP contribution is -2.40. The minimum Gasteiger partial charge on any atom is -0.330 e. The second-order valence-corrected chi connectivity index (χ2v) is 6.46. The Morgan fingerprint density at radius 2 is 2.05 bits per heavy atom. The van der Waals surface area contributed by atoms with Crippen molar-refractivity contribution >= 4 is 35.6 Å². The number of carbonyl (C=O) groups excluding carboxylic acids is 1. The van der Waals surface area contributed by atoms with E-state index < -0.39 is 0 Å². The molecule has 0 bridgehead atoms. The van der Waals surface area contributed by atoms with Crippen LogP contribution in [0.4, 0.5) is 5.69 Å². The minimum absolute atomic E-state index is 0. The van der Waals surface area contributed by atoms with Gasteiger partial charge in [0.15, 0.2) is 0 Å². The summed E-state index contributed by atoms with van der Waals surface area (Å²) in [6, 6.07) is 5.50. The Morgan fingerprint density at radius 3 is 2.57 bits per heavy atom. The van der Waals surface area contributed by atoms with Crippen molar-refractivity contribution < 1.29 is 4.79 Å². The monoisotopic (exact) mass is 333 g/mol. The van der Waals surface area contributed by atoms with E-state index in [4.69, 9.17) is 17.3 Å². The zero-order valence-electron chi connectivity index (χ0n) is 13.1. The number of hydrogen-bond acceptors (Lipinski definition) is 3. The van der Waals surface area contributed by atoms with Crippen molar-refractivity contribution in [2.24, 2.45) is 11.1 Å². The molecule has 1 rings (SSSR count). The van der Waals surface area contributed by atoms with Crippen molar-refractivity contribution in [2.45, 2.75) is 20.8 Å². The molecule has 0 radical (unpaired) electrons. The standard InChI is InChI=1S/C15H24ClN3O.ClH/c1-11-5-6-12(7-13(11)16)18-14(20)8-19(4)10-15(2,3)9-17;/h5-7H,8-10,17H2,1-4H3,(H,18,20);1H. The highest BCUT2D eigenvalue weighted by molar-refractivity contribution is 6.31. The maximum Gasteiger partial charge on any atom is 0.238 e. The van der Waals surface area contributed by atoms with E-state index >= 15 is 0 Å². The quantitative estimate of drug-likeness (QED) is 0.841. The van der Waals surface area contributed by atoms with Crippen LogP contribution in [0, 0.1) is 12.3 Å². The number of carbonyl (C=O) groups is 1. The molecule has 0 atom stereocenters. The molecule has 0 aromatic heterocycles. The summed E-state index contributed by atoms with van der Waals surface area (Å²) < 4.78 is 0. The van der Waals surface area contributed by atoms with E-state index in [1.54, 1.807) is 6.07 Å². The van der Waals surface area contributed by atoms with E-state index in [1.165, 1.54) is 0 Å². The van der Waals surface area contributed by atoms with Gasteiger partial charge in [0.25, 0.3) is 0 Å². The second kappa shape index (κ2) is 8.59. The Balaban J connectivity index is 0.00000400. The predicted molar refractivity (Wildman–Crippen MR) is 92.4 cm³/mol. The molecule has 0 unspecified atom stereocenters. The van der Waals surface area contributed by atoms with Gasteiger partial charge in [-0.15, -0.1) is 12.4 Å². The normalized spacial score (nSPS) is 11.2. The van der Waals surface area contributed by atoms with E-state index in [2.05, 4.69) is 19.2 Å². The number of benzene rings is 1. The smallest absolute Gasteiger partial charge is 0.238 e. The van der Waals surface area contributed by atoms with Gasteiger partial charge in [-0.3, -0.25) is 9.69 Å². The summed E-state index contributed by atoms with van der Waals surface area (Å²) in [6.07, 6.45) is 0. The predicted octanol–water partition coefficient (Wildman–Crippen LogP) is 2.93. The number of likely N-dealkylation sites (N-methyl/N-ethyl adjacent to an activating group) is 1. The lowest BCUT2D eigenvalue weighted by molar-refractivity contribution is -0.117. The first-order valence-corrected chi connectivity index (χ1v) is 7.06. The molecule has 0 fully saturated rings. The number of amides is 1. The van der Waals surface area contributed by atoms with Gasteiger partial charge in [-0.05, 0) is 43.6 Å². The third kappa shape index (κ3) is 7.14. The van der Waals surface area contributed by atoms with Gasteiger partial charge in [0.05, 0.1) is 6.54 Å². The third-order valence-electron chi connectivity index (χ3n) is 3.12. The molecule has 120 valence electrons. The average molecular weight is 334 g/mol. The molecule has 0 saturated carbocycles. The molecule has 0 aliphatic carbocycles. The average Bonchev–Trinajstić information content (AvgIpc) is 2.33. The summed E-state index contributed by atoms with van der Waals surface area (Å²) in [5, 5.41) is 3.50. The molecule has 0 saturated heterocycles. The Morgan fingerprint density at radius 1 is 1.43 bits per heavy atom. The van der Waals surface area contributed by atoms with Crippen LogP contribution in [0.3, 0.4) is 0 Å². The first-order chi connectivity index (χ1) is 9.23. The molecular weight excluding hydrogens is 309 g/mol. The highest BCUT2D eigenvalue weighted by Gasteiger charge is 2.19. The first-order valence-electron chi connectivity index (χ1n) is 6.68. The molecule has 0 spiro atoms. The fourth-order valence-electron chi connectivity index (χ4n) is 1.97. The van der Waals surface area contributed by atoms with Crippen LogP contribution in [0.2, 0.25) is 5.02 Å². The lowest BCUT2D eigenvalue weighted by atomic mass is 9.93. The summed E-state index contributed by atoms with van der Waals surface area (Å²) in [6.45, 7) is 7.78. The second-order valence-electron chi connectivity index (χ2n) is 6.05. The van der Waals surface area contributed by atoms with Crippen LogP contribution in [0.1, 0.15) is 19.4 Å². The molecule has 1 aromatic carbocycles. The largest absolute Gasteiger partial charge is 0.330 e. The lowest BCUT2D eigenvalue weighted by Gasteiger charge is -2.28. The number of hydrogen-bond donors (Lipinski definition) is 2. The van der Waals surface area contributed by atoms with Gasteiger partial charge in [0.1, 0.15) is 0 Å². The van der Waals surface area contributed by atoms with Crippen molar-refractivity contribution in [3.8, 4) is 0 Å². The summed E-state index contributed by atoms with van der Waals surface area (Å²) >= 11 is 6.03. The fraction of sp³-hybridized carbons (Fsp3) is 0.533. The van der Waals surface area contributed by atoms with E-state index in [0.717, 1.165) is 17.8 Å². The molecule has 6 heteroatoms. The number of nitrogens with one attached hydrogen (secondary N) is 1. The molecule has 4 nitrogen and oxygen atoms in total. The number of anilines is 1. The number of rotatable bonds is 6. The number of halogens is 2. The fourth-order valence-corrected chi connectivity index (χ4v) is 2.15. The molecule has 0 aliphatic rings. The molecule has 21 heavy (non-hydrogen) atoms. The van der Waals surface area contributed by atoms with Gasteiger partial charge in [-0.25, -0.2) is 0 Å². The van der Waals surface area contributed by atoms with Crippen LogP contribution < -0.4 is 11.1 Å². The van der Waals surface area contributed by atoms with Gasteiger partial charge in [-0.1, -0.05) is 31.5 Å². The zero-order chi connectivity index (χ0) is 15.3. The van der Waals surface area contributed by atoms with Crippen molar-refractivity contribution in [2.75, 3.05) is 32.0 Å². The Hall–Kier alpha value is -0.810. The van der Waals surface area contributed by atoms with Crippen LogP contribution >= 0.6 is 24.0 Å². The van der Waals surface area contributed by atoms with Gasteiger partial charge in [-0.2, -0.15) is 0 Å². The third-order valence-corrected chi connectivity index (χ3v) is 3.53. The number of nitrogens with two attached hydrogens (primary N) is 1. The highest BCUT2D eigenvalue weighted by Crippen LogP contribution is 2.20. The summed E-state index contributed by atoms with van der Waals surface area (Å²) in [5.41, 5.74) is 7.41. The molecule has 0 aliphatic heterocycles. The van der Waals surface area contributed by atoms with E-state index in [9.17, 15) is 4.79 Å². The maximum atomic E-state index is 12.0. The van der Waals surface area contributed by atoms with Crippen LogP contribution in [-0.2, 0) is 4.79 Å². The topological polar surface area (TPSA) is 58.4 Å². The summed E-state index contributed by atoms with van der Waals surface area (Å²) in [5.74, 6) is -0.0553. The molecular formula is C15H25Cl2N3O. The van der Waals surface area contributed by atoms with Crippen LogP contribution in [-0.4, -0.2) is 37.5 Å². The molecule has 1 amide bonds.